The minimum absolute atomic E-state index is 0.0550. The Morgan fingerprint density at radius 2 is 1.51 bits per heavy atom. The molecule has 0 heterocycles. The molecule has 0 aliphatic carbocycles. The Hall–Kier alpha value is -1.72. The normalized spacial score (nSPS) is 15.8. The summed E-state index contributed by atoms with van der Waals surface area (Å²) in [4.78, 5) is 61.4. The first-order valence-corrected chi connectivity index (χ1v) is 19.4. The van der Waals surface area contributed by atoms with Gasteiger partial charge in [0.25, 0.3) is 5.91 Å². The second-order valence-corrected chi connectivity index (χ2v) is 16.8. The highest BCUT2D eigenvalue weighted by molar-refractivity contribution is 7.94. The zero-order chi connectivity index (χ0) is 36.0. The van der Waals surface area contributed by atoms with Crippen molar-refractivity contribution < 1.29 is 47.3 Å². The molecule has 0 aromatic heterocycles. The molecule has 0 aliphatic heterocycles. The third-order valence-corrected chi connectivity index (χ3v) is 13.0. The molecule has 3 unspecified atom stereocenters. The van der Waals surface area contributed by atoms with Crippen molar-refractivity contribution >= 4 is 93.4 Å². The van der Waals surface area contributed by atoms with E-state index in [1.807, 2.05) is 0 Å². The van der Waals surface area contributed by atoms with Gasteiger partial charge in [0.1, 0.15) is 12.6 Å². The van der Waals surface area contributed by atoms with Gasteiger partial charge in [0.15, 0.2) is 14.0 Å². The van der Waals surface area contributed by atoms with Crippen molar-refractivity contribution in [2.75, 3.05) is 61.0 Å². The van der Waals surface area contributed by atoms with Crippen LogP contribution in [0.4, 0.5) is 5.69 Å². The van der Waals surface area contributed by atoms with Crippen LogP contribution >= 0.6 is 54.1 Å². The maximum Gasteiger partial charge on any atom is 0.343 e. The SMILES string of the molecule is CC[C@@](Cl)(CN(CCCl)P(=O)(O)N(CCCl)CCCl)S(=O)(=O)CC(NC(=O)C(N)CCC(=O)O)C(=O)N(CC(=O)O)c1ccccc1. The average Bonchev–Trinajstić information content (AvgIpc) is 3.01. The summed E-state index contributed by atoms with van der Waals surface area (Å²) in [6.45, 7) is -0.762. The molecule has 0 radical (unpaired) electrons. The number of nitrogens with one attached hydrogen (secondary N) is 1. The first-order valence-electron chi connectivity index (χ1n) is 14.2. The molecule has 0 bridgehead atoms. The lowest BCUT2D eigenvalue weighted by Crippen LogP contribution is -2.58. The van der Waals surface area contributed by atoms with Crippen molar-refractivity contribution in [1.29, 1.82) is 0 Å². The Kier molecular flexibility index (Phi) is 18.5. The number of carboxylic acids is 2. The monoisotopic (exact) mass is 785 g/mol. The van der Waals surface area contributed by atoms with E-state index in [4.69, 9.17) is 57.2 Å². The molecule has 0 saturated heterocycles. The van der Waals surface area contributed by atoms with Gasteiger partial charge in [-0.05, 0) is 25.0 Å². The molecule has 1 rings (SSSR count). The molecule has 15 nitrogen and oxygen atoms in total. The van der Waals surface area contributed by atoms with E-state index in [0.717, 1.165) is 14.2 Å². The molecule has 6 N–H and O–H groups in total. The van der Waals surface area contributed by atoms with Crippen LogP contribution in [0, 0.1) is 0 Å². The van der Waals surface area contributed by atoms with Gasteiger partial charge in [0, 0.05) is 55.9 Å². The van der Waals surface area contributed by atoms with Gasteiger partial charge in [0.05, 0.1) is 11.8 Å². The standard InChI is InChI=1S/C26H40Cl4N5O10PS/c1-2-26(30,18-34(15-12-29)46(42,43)33(13-10-27)14-11-28)47(44,45)17-21(32-24(40)20(31)8-9-22(36)37)25(41)35(16-23(38)39)19-6-4-3-5-7-19/h3-7,20-21H,2,8-18,31H2,1H3,(H,32,40)(H,36,37)(H,38,39)(H,42,43)/t20?,21?,26-/m0/s1. The summed E-state index contributed by atoms with van der Waals surface area (Å²) < 4.78 is 41.4. The van der Waals surface area contributed by atoms with Gasteiger partial charge in [-0.2, -0.15) is 0 Å². The molecule has 268 valence electrons. The second kappa shape index (κ2) is 20.1. The van der Waals surface area contributed by atoms with Crippen LogP contribution in [-0.2, 0) is 33.6 Å². The number of hydrogen-bond acceptors (Lipinski definition) is 8. The van der Waals surface area contributed by atoms with Crippen LogP contribution in [0.1, 0.15) is 26.2 Å². The fraction of sp³-hybridized carbons (Fsp3) is 0.615. The number of benzene rings is 1. The van der Waals surface area contributed by atoms with E-state index in [2.05, 4.69) is 5.32 Å². The summed E-state index contributed by atoms with van der Waals surface area (Å²) in [5.41, 5.74) is 5.87. The Bertz CT molecular complexity index is 1360. The van der Waals surface area contributed by atoms with Crippen LogP contribution in [0.25, 0.3) is 0 Å². The lowest BCUT2D eigenvalue weighted by atomic mass is 10.1. The Morgan fingerprint density at radius 1 is 0.979 bits per heavy atom. The minimum Gasteiger partial charge on any atom is -0.481 e. The van der Waals surface area contributed by atoms with Gasteiger partial charge < -0.3 is 26.2 Å². The maximum absolute atomic E-state index is 14.1. The van der Waals surface area contributed by atoms with Crippen molar-refractivity contribution in [3.05, 3.63) is 30.3 Å². The smallest absolute Gasteiger partial charge is 0.343 e. The lowest BCUT2D eigenvalue weighted by molar-refractivity contribution is -0.137. The average molecular weight is 787 g/mol. The van der Waals surface area contributed by atoms with E-state index in [1.165, 1.54) is 31.2 Å². The molecule has 1 aromatic rings. The number of alkyl halides is 4. The van der Waals surface area contributed by atoms with Crippen LogP contribution in [0.2, 0.25) is 0 Å². The first kappa shape index (κ1) is 43.3. The third-order valence-electron chi connectivity index (χ3n) is 6.90. The Balaban J connectivity index is 3.64. The number of nitrogens with zero attached hydrogens (tertiary/aromatic N) is 3. The summed E-state index contributed by atoms with van der Waals surface area (Å²) in [7, 11) is -9.28. The summed E-state index contributed by atoms with van der Waals surface area (Å²) in [5, 5.41) is 20.7. The predicted octanol–water partition coefficient (Wildman–Crippen LogP) is 1.96. The molecular weight excluding hydrogens is 747 g/mol. The maximum atomic E-state index is 14.1. The fourth-order valence-electron chi connectivity index (χ4n) is 4.31. The van der Waals surface area contributed by atoms with Gasteiger partial charge >= 0.3 is 19.6 Å². The summed E-state index contributed by atoms with van der Waals surface area (Å²) >= 11 is 24.3. The van der Waals surface area contributed by atoms with E-state index in [9.17, 15) is 42.2 Å². The molecule has 0 spiro atoms. The van der Waals surface area contributed by atoms with Crippen molar-refractivity contribution in [2.24, 2.45) is 5.73 Å². The molecule has 0 aliphatic rings. The van der Waals surface area contributed by atoms with Crippen molar-refractivity contribution in [3.8, 4) is 0 Å². The molecule has 0 fully saturated rings. The lowest BCUT2D eigenvalue weighted by Gasteiger charge is -2.39. The van der Waals surface area contributed by atoms with E-state index < -0.39 is 82.8 Å². The van der Waals surface area contributed by atoms with Gasteiger partial charge in [-0.15, -0.1) is 46.4 Å². The third kappa shape index (κ3) is 12.9. The van der Waals surface area contributed by atoms with Crippen LogP contribution in [-0.4, -0.2) is 129 Å². The minimum atomic E-state index is -4.75. The molecule has 2 amide bonds. The molecule has 47 heavy (non-hydrogen) atoms. The highest BCUT2D eigenvalue weighted by Gasteiger charge is 2.48. The van der Waals surface area contributed by atoms with Crippen molar-refractivity contribution in [1.82, 2.24) is 14.7 Å². The van der Waals surface area contributed by atoms with Gasteiger partial charge in [-0.3, -0.25) is 28.6 Å². The zero-order valence-electron chi connectivity index (χ0n) is 25.5. The van der Waals surface area contributed by atoms with Crippen molar-refractivity contribution in [3.63, 3.8) is 0 Å². The topological polar surface area (TPSA) is 228 Å². The number of carbonyl (C=O) groups is 4. The number of rotatable bonds is 23. The van der Waals surface area contributed by atoms with Gasteiger partial charge in [-0.25, -0.2) is 17.8 Å². The number of hydrogen-bond donors (Lipinski definition) is 5. The number of amides is 2. The van der Waals surface area contributed by atoms with Crippen LogP contribution < -0.4 is 16.0 Å². The van der Waals surface area contributed by atoms with Crippen LogP contribution in [0.3, 0.4) is 0 Å². The van der Waals surface area contributed by atoms with Gasteiger partial charge in [-0.1, -0.05) is 25.1 Å². The Morgan fingerprint density at radius 3 is 1.98 bits per heavy atom. The van der Waals surface area contributed by atoms with E-state index in [-0.39, 0.29) is 55.8 Å². The molecule has 0 saturated carbocycles. The summed E-state index contributed by atoms with van der Waals surface area (Å²) in [6, 6.07) is 3.92. The summed E-state index contributed by atoms with van der Waals surface area (Å²) in [5.74, 6) is -6.46. The largest absolute Gasteiger partial charge is 0.481 e. The zero-order valence-corrected chi connectivity index (χ0v) is 30.2. The fourth-order valence-corrected chi connectivity index (χ4v) is 9.41. The molecule has 1 aromatic carbocycles. The Labute approximate surface area is 293 Å². The van der Waals surface area contributed by atoms with E-state index in [1.54, 1.807) is 6.07 Å². The quantitative estimate of drug-likeness (QED) is 0.0791. The predicted molar refractivity (Wildman–Crippen MR) is 181 cm³/mol. The van der Waals surface area contributed by atoms with Crippen LogP contribution in [0.15, 0.2) is 30.3 Å². The number of carboxylic acid groups (broad SMARTS) is 2. The number of para-hydroxylation sites is 1. The summed E-state index contributed by atoms with van der Waals surface area (Å²) in [6.07, 6.45) is -1.23. The number of nitrogens with two attached hydrogens (primary N) is 1. The number of sulfone groups is 1. The first-order chi connectivity index (χ1) is 21.9. The van der Waals surface area contributed by atoms with E-state index in [0.29, 0.717) is 0 Å². The molecule has 4 atom stereocenters. The number of carbonyl (C=O) groups excluding carboxylic acids is 2. The molecule has 21 heteroatoms. The van der Waals surface area contributed by atoms with Gasteiger partial charge in [0.2, 0.25) is 5.91 Å². The van der Waals surface area contributed by atoms with Crippen LogP contribution in [0.5, 0.6) is 0 Å². The second-order valence-electron chi connectivity index (χ2n) is 10.2. The van der Waals surface area contributed by atoms with Crippen molar-refractivity contribution in [2.45, 2.75) is 42.5 Å². The van der Waals surface area contributed by atoms with E-state index >= 15 is 0 Å². The number of halogens is 4. The number of anilines is 1. The highest BCUT2D eigenvalue weighted by Crippen LogP contribution is 2.50. The number of aliphatic carboxylic acids is 2. The molecular formula is C26H40Cl4N5O10PS. The highest BCUT2D eigenvalue weighted by atomic mass is 35.5.